The summed E-state index contributed by atoms with van der Waals surface area (Å²) in [5.74, 6) is 1.29. The molecule has 3 aromatic rings. The average molecular weight is 414 g/mol. The van der Waals surface area contributed by atoms with Crippen molar-refractivity contribution < 1.29 is 9.53 Å². The highest BCUT2D eigenvalue weighted by atomic mass is 32.2. The first-order valence-electron chi connectivity index (χ1n) is 8.94. The van der Waals surface area contributed by atoms with Crippen LogP contribution in [0.2, 0.25) is 0 Å². The molecule has 28 heavy (non-hydrogen) atoms. The maximum atomic E-state index is 12.2. The third kappa shape index (κ3) is 5.81. The van der Waals surface area contributed by atoms with Crippen molar-refractivity contribution in [3.63, 3.8) is 0 Å². The minimum atomic E-state index is -0.250. The van der Waals surface area contributed by atoms with Crippen molar-refractivity contribution in [3.8, 4) is 5.75 Å². The second-order valence-electron chi connectivity index (χ2n) is 7.23. The number of carbonyl (C=O) groups excluding carboxylic acids is 1. The van der Waals surface area contributed by atoms with Crippen molar-refractivity contribution in [2.45, 2.75) is 36.3 Å². The zero-order valence-electron chi connectivity index (χ0n) is 16.1. The number of ether oxygens (including phenoxy) is 1. The van der Waals surface area contributed by atoms with Crippen molar-refractivity contribution in [2.75, 3.05) is 11.9 Å². The molecule has 5 nitrogen and oxygen atoms in total. The summed E-state index contributed by atoms with van der Waals surface area (Å²) in [5, 5.41) is 11.4. The smallest absolute Gasteiger partial charge is 0.264 e. The number of benzene rings is 2. The van der Waals surface area contributed by atoms with E-state index in [1.165, 1.54) is 16.9 Å². The molecule has 0 aliphatic heterocycles. The normalized spacial score (nSPS) is 11.2. The van der Waals surface area contributed by atoms with Crippen LogP contribution in [-0.2, 0) is 16.0 Å². The fraction of sp³-hybridized carbons (Fsp3) is 0.286. The zero-order valence-corrected chi connectivity index (χ0v) is 17.8. The van der Waals surface area contributed by atoms with Gasteiger partial charge in [0.15, 0.2) is 10.9 Å². The lowest BCUT2D eigenvalue weighted by Gasteiger charge is -2.22. The summed E-state index contributed by atoms with van der Waals surface area (Å²) in [6.07, 6.45) is 0. The number of anilines is 1. The molecule has 0 radical (unpaired) electrons. The maximum Gasteiger partial charge on any atom is 0.264 e. The molecule has 0 unspecified atom stereocenters. The number of carbonyl (C=O) groups is 1. The number of hydrogen-bond acceptors (Lipinski definition) is 6. The first-order chi connectivity index (χ1) is 13.4. The van der Waals surface area contributed by atoms with Crippen LogP contribution in [0.4, 0.5) is 5.13 Å². The Morgan fingerprint density at radius 1 is 1.07 bits per heavy atom. The van der Waals surface area contributed by atoms with Gasteiger partial charge in [-0.1, -0.05) is 92.4 Å². The fourth-order valence-corrected chi connectivity index (χ4v) is 4.27. The number of rotatable bonds is 7. The summed E-state index contributed by atoms with van der Waals surface area (Å²) in [6.45, 7) is 6.28. The summed E-state index contributed by atoms with van der Waals surface area (Å²) in [4.78, 5) is 12.2. The second-order valence-corrected chi connectivity index (χ2v) is 9.43. The predicted octanol–water partition coefficient (Wildman–Crippen LogP) is 5.15. The number of amides is 1. The number of thioether (sulfide) groups is 1. The molecule has 1 heterocycles. The van der Waals surface area contributed by atoms with Gasteiger partial charge in [0.1, 0.15) is 5.75 Å². The van der Waals surface area contributed by atoms with Gasteiger partial charge in [-0.2, -0.15) is 0 Å². The largest absolute Gasteiger partial charge is 0.483 e. The quantitative estimate of drug-likeness (QED) is 0.429. The van der Waals surface area contributed by atoms with Gasteiger partial charge in [0.05, 0.1) is 0 Å². The van der Waals surface area contributed by atoms with E-state index in [1.807, 2.05) is 42.5 Å². The number of nitrogens with one attached hydrogen (secondary N) is 1. The Balaban J connectivity index is 1.51. The molecule has 1 amide bonds. The van der Waals surface area contributed by atoms with Gasteiger partial charge >= 0.3 is 0 Å². The maximum absolute atomic E-state index is 12.2. The topological polar surface area (TPSA) is 64.1 Å². The highest BCUT2D eigenvalue weighted by molar-refractivity contribution is 8.00. The van der Waals surface area contributed by atoms with Gasteiger partial charge in [0.25, 0.3) is 5.91 Å². The SMILES string of the molecule is CC(C)(C)c1ccccc1OCC(=O)Nc1nnc(SCc2ccccc2)s1. The minimum absolute atomic E-state index is 0.0584. The molecule has 7 heteroatoms. The molecule has 146 valence electrons. The van der Waals surface area contributed by atoms with E-state index in [9.17, 15) is 4.79 Å². The summed E-state index contributed by atoms with van der Waals surface area (Å²) < 4.78 is 6.57. The van der Waals surface area contributed by atoms with Crippen molar-refractivity contribution in [2.24, 2.45) is 0 Å². The van der Waals surface area contributed by atoms with E-state index in [4.69, 9.17) is 4.74 Å². The first kappa shape index (κ1) is 20.4. The molecule has 0 spiro atoms. The van der Waals surface area contributed by atoms with E-state index >= 15 is 0 Å². The Hall–Kier alpha value is -2.38. The van der Waals surface area contributed by atoms with Crippen molar-refractivity contribution in [1.29, 1.82) is 0 Å². The van der Waals surface area contributed by atoms with Crippen LogP contribution in [-0.4, -0.2) is 22.7 Å². The molecule has 3 rings (SSSR count). The molecule has 1 aromatic heterocycles. The number of aromatic nitrogens is 2. The lowest BCUT2D eigenvalue weighted by Crippen LogP contribution is -2.21. The standard InChI is InChI=1S/C21H23N3O2S2/c1-21(2,3)16-11-7-8-12-17(16)26-13-18(25)22-19-23-24-20(28-19)27-14-15-9-5-4-6-10-15/h4-12H,13-14H2,1-3H3,(H,22,23,25). The van der Waals surface area contributed by atoms with E-state index in [0.29, 0.717) is 5.13 Å². The van der Waals surface area contributed by atoms with Gasteiger partial charge in [-0.25, -0.2) is 0 Å². The number of para-hydroxylation sites is 1. The van der Waals surface area contributed by atoms with Gasteiger partial charge in [-0.05, 0) is 22.6 Å². The molecule has 1 N–H and O–H groups in total. The number of hydrogen-bond donors (Lipinski definition) is 1. The predicted molar refractivity (Wildman–Crippen MR) is 115 cm³/mol. The van der Waals surface area contributed by atoms with E-state index in [-0.39, 0.29) is 17.9 Å². The Morgan fingerprint density at radius 3 is 2.54 bits per heavy atom. The molecular formula is C21H23N3O2S2. The van der Waals surface area contributed by atoms with E-state index in [0.717, 1.165) is 21.4 Å². The van der Waals surface area contributed by atoms with Gasteiger partial charge in [-0.15, -0.1) is 10.2 Å². The zero-order chi connectivity index (χ0) is 20.0. The highest BCUT2D eigenvalue weighted by Crippen LogP contribution is 2.31. The monoisotopic (exact) mass is 413 g/mol. The fourth-order valence-electron chi connectivity index (χ4n) is 2.55. The van der Waals surface area contributed by atoms with Crippen LogP contribution < -0.4 is 10.1 Å². The van der Waals surface area contributed by atoms with Crippen LogP contribution in [0.25, 0.3) is 0 Å². The van der Waals surface area contributed by atoms with Gasteiger partial charge in [0, 0.05) is 5.75 Å². The van der Waals surface area contributed by atoms with E-state index in [1.54, 1.807) is 11.8 Å². The molecule has 0 saturated carbocycles. The van der Waals surface area contributed by atoms with Crippen molar-refractivity contribution >= 4 is 34.1 Å². The molecule has 2 aromatic carbocycles. The third-order valence-corrected chi connectivity index (χ3v) is 5.95. The Labute approximate surface area is 173 Å². The van der Waals surface area contributed by atoms with Crippen molar-refractivity contribution in [1.82, 2.24) is 10.2 Å². The third-order valence-electron chi connectivity index (χ3n) is 3.91. The molecule has 0 atom stereocenters. The summed E-state index contributed by atoms with van der Waals surface area (Å²) in [6, 6.07) is 18.0. The Kier molecular flexibility index (Phi) is 6.70. The highest BCUT2D eigenvalue weighted by Gasteiger charge is 2.19. The summed E-state index contributed by atoms with van der Waals surface area (Å²) in [5.41, 5.74) is 2.23. The number of nitrogens with zero attached hydrogens (tertiary/aromatic N) is 2. The van der Waals surface area contributed by atoms with Crippen LogP contribution >= 0.6 is 23.1 Å². The van der Waals surface area contributed by atoms with Crippen LogP contribution in [0, 0.1) is 0 Å². The van der Waals surface area contributed by atoms with Crippen LogP contribution in [0.5, 0.6) is 5.75 Å². The van der Waals surface area contributed by atoms with E-state index < -0.39 is 0 Å². The molecular weight excluding hydrogens is 390 g/mol. The van der Waals surface area contributed by atoms with Crippen LogP contribution in [0.15, 0.2) is 58.9 Å². The lowest BCUT2D eigenvalue weighted by molar-refractivity contribution is -0.118. The lowest BCUT2D eigenvalue weighted by atomic mass is 9.86. The molecule has 0 aliphatic rings. The Bertz CT molecular complexity index is 921. The van der Waals surface area contributed by atoms with Crippen LogP contribution in [0.3, 0.4) is 0 Å². The van der Waals surface area contributed by atoms with Crippen molar-refractivity contribution in [3.05, 3.63) is 65.7 Å². The first-order valence-corrected chi connectivity index (χ1v) is 10.7. The van der Waals surface area contributed by atoms with Crippen LogP contribution in [0.1, 0.15) is 31.9 Å². The second kappa shape index (κ2) is 9.21. The molecule has 0 fully saturated rings. The molecule has 0 bridgehead atoms. The molecule has 0 aliphatic carbocycles. The van der Waals surface area contributed by atoms with Gasteiger partial charge in [-0.3, -0.25) is 10.1 Å². The minimum Gasteiger partial charge on any atom is -0.483 e. The molecule has 0 saturated heterocycles. The Morgan fingerprint density at radius 2 is 1.79 bits per heavy atom. The summed E-state index contributed by atoms with van der Waals surface area (Å²) >= 11 is 2.96. The summed E-state index contributed by atoms with van der Waals surface area (Å²) in [7, 11) is 0. The average Bonchev–Trinajstić information content (AvgIpc) is 3.12. The van der Waals surface area contributed by atoms with Gasteiger partial charge < -0.3 is 4.74 Å². The van der Waals surface area contributed by atoms with E-state index in [2.05, 4.69) is 48.4 Å². The van der Waals surface area contributed by atoms with Gasteiger partial charge in [0.2, 0.25) is 5.13 Å².